The average molecular weight is 417 g/mol. The maximum Gasteiger partial charge on any atom is 0.339 e. The van der Waals surface area contributed by atoms with E-state index in [1.54, 1.807) is 6.07 Å². The van der Waals surface area contributed by atoms with Crippen molar-refractivity contribution in [1.82, 2.24) is 9.88 Å². The smallest absolute Gasteiger partial charge is 0.339 e. The van der Waals surface area contributed by atoms with Crippen molar-refractivity contribution in [2.75, 3.05) is 6.61 Å². The van der Waals surface area contributed by atoms with Crippen molar-refractivity contribution < 1.29 is 14.3 Å². The summed E-state index contributed by atoms with van der Waals surface area (Å²) in [4.78, 5) is 32.4. The van der Waals surface area contributed by atoms with E-state index in [-0.39, 0.29) is 24.6 Å². The van der Waals surface area contributed by atoms with Crippen LogP contribution in [0.5, 0.6) is 0 Å². The largest absolute Gasteiger partial charge is 0.452 e. The Kier molecular flexibility index (Phi) is 6.03. The number of hydrogen-bond donors (Lipinski definition) is 0. The molecule has 2 unspecified atom stereocenters. The summed E-state index contributed by atoms with van der Waals surface area (Å²) in [6, 6.07) is 17.6. The molecule has 0 aliphatic carbocycles. The molecule has 0 spiro atoms. The predicted molar refractivity (Wildman–Crippen MR) is 122 cm³/mol. The molecule has 0 bridgehead atoms. The van der Waals surface area contributed by atoms with Crippen LogP contribution in [0, 0.1) is 6.92 Å². The monoisotopic (exact) mass is 416 g/mol. The summed E-state index contributed by atoms with van der Waals surface area (Å²) >= 11 is 0. The Morgan fingerprint density at radius 1 is 1.03 bits per heavy atom. The third-order valence-electron chi connectivity index (χ3n) is 6.09. The first kappa shape index (κ1) is 21.0. The van der Waals surface area contributed by atoms with Crippen LogP contribution < -0.4 is 0 Å². The van der Waals surface area contributed by atoms with Gasteiger partial charge in [-0.15, -0.1) is 0 Å². The number of nitrogens with zero attached hydrogens (tertiary/aromatic N) is 2. The molecule has 5 nitrogen and oxygen atoms in total. The summed E-state index contributed by atoms with van der Waals surface area (Å²) < 4.78 is 5.50. The predicted octanol–water partition coefficient (Wildman–Crippen LogP) is 5.16. The van der Waals surface area contributed by atoms with Gasteiger partial charge in [0.05, 0.1) is 16.8 Å². The molecule has 31 heavy (non-hydrogen) atoms. The van der Waals surface area contributed by atoms with Crippen LogP contribution in [0.25, 0.3) is 22.2 Å². The second-order valence-electron chi connectivity index (χ2n) is 8.44. The molecule has 1 amide bonds. The van der Waals surface area contributed by atoms with Crippen molar-refractivity contribution in [3.63, 3.8) is 0 Å². The van der Waals surface area contributed by atoms with Crippen molar-refractivity contribution in [3.05, 3.63) is 65.7 Å². The maximum absolute atomic E-state index is 13.0. The molecule has 1 aliphatic rings. The van der Waals surface area contributed by atoms with Crippen LogP contribution >= 0.6 is 0 Å². The van der Waals surface area contributed by atoms with Gasteiger partial charge in [-0.2, -0.15) is 0 Å². The average Bonchev–Trinajstić information content (AvgIpc) is 2.77. The number of piperidine rings is 1. The molecular formula is C26H28N2O3. The molecule has 0 saturated carbocycles. The molecule has 2 aromatic carbocycles. The lowest BCUT2D eigenvalue weighted by Crippen LogP contribution is -2.49. The number of fused-ring (bicyclic) bond motifs is 1. The highest BCUT2D eigenvalue weighted by Gasteiger charge is 2.29. The first-order valence-electron chi connectivity index (χ1n) is 10.9. The van der Waals surface area contributed by atoms with Gasteiger partial charge in [0.15, 0.2) is 6.61 Å². The number of pyridine rings is 1. The molecule has 3 aromatic rings. The molecule has 0 N–H and O–H groups in total. The number of amides is 1. The van der Waals surface area contributed by atoms with Crippen molar-refractivity contribution in [2.24, 2.45) is 0 Å². The molecule has 0 radical (unpaired) electrons. The molecule has 1 fully saturated rings. The number of para-hydroxylation sites is 1. The zero-order valence-electron chi connectivity index (χ0n) is 18.3. The molecular weight excluding hydrogens is 388 g/mol. The van der Waals surface area contributed by atoms with Gasteiger partial charge >= 0.3 is 5.97 Å². The fraction of sp³-hybridized carbons (Fsp3) is 0.346. The van der Waals surface area contributed by atoms with Crippen LogP contribution in [0.2, 0.25) is 0 Å². The highest BCUT2D eigenvalue weighted by Crippen LogP contribution is 2.26. The summed E-state index contributed by atoms with van der Waals surface area (Å²) in [6.07, 6.45) is 3.09. The number of aryl methyl sites for hydroxylation is 1. The maximum atomic E-state index is 13.0. The van der Waals surface area contributed by atoms with Crippen LogP contribution in [-0.4, -0.2) is 40.5 Å². The Hall–Kier alpha value is -3.21. The van der Waals surface area contributed by atoms with Crippen molar-refractivity contribution in [3.8, 4) is 11.3 Å². The minimum atomic E-state index is -0.502. The second kappa shape index (κ2) is 8.88. The van der Waals surface area contributed by atoms with Crippen LogP contribution in [0.1, 0.15) is 49.0 Å². The lowest BCUT2D eigenvalue weighted by atomic mass is 9.97. The van der Waals surface area contributed by atoms with E-state index in [2.05, 4.69) is 13.8 Å². The normalized spacial score (nSPS) is 18.7. The van der Waals surface area contributed by atoms with Gasteiger partial charge in [0.2, 0.25) is 0 Å². The van der Waals surface area contributed by atoms with Crippen LogP contribution in [0.3, 0.4) is 0 Å². The number of benzene rings is 2. The first-order valence-corrected chi connectivity index (χ1v) is 10.9. The molecule has 4 rings (SSSR count). The minimum absolute atomic E-state index is 0.134. The van der Waals surface area contributed by atoms with Gasteiger partial charge in [-0.05, 0) is 52.2 Å². The van der Waals surface area contributed by atoms with Crippen molar-refractivity contribution >= 4 is 22.8 Å². The van der Waals surface area contributed by atoms with E-state index >= 15 is 0 Å². The van der Waals surface area contributed by atoms with Crippen LogP contribution in [-0.2, 0) is 9.53 Å². The number of ether oxygens (including phenoxy) is 1. The quantitative estimate of drug-likeness (QED) is 0.552. The molecule has 1 saturated heterocycles. The molecule has 5 heteroatoms. The van der Waals surface area contributed by atoms with Crippen LogP contribution in [0.15, 0.2) is 54.6 Å². The summed E-state index contributed by atoms with van der Waals surface area (Å²) in [5, 5.41) is 0.718. The van der Waals surface area contributed by atoms with E-state index in [0.717, 1.165) is 41.3 Å². The standard InChI is InChI=1S/C26H28N2O3/c1-17-11-13-20(14-12-17)24-15-22(21-9-4-5-10-23(21)27-24)26(30)31-16-25(29)28-18(2)7-6-8-19(28)3/h4-5,9-15,18-19H,6-8,16H2,1-3H3. The number of hydrogen-bond acceptors (Lipinski definition) is 4. The zero-order valence-corrected chi connectivity index (χ0v) is 18.3. The SMILES string of the molecule is Cc1ccc(-c2cc(C(=O)OCC(=O)N3C(C)CCCC3C)c3ccccc3n2)cc1. The molecule has 160 valence electrons. The van der Waals surface area contributed by atoms with E-state index < -0.39 is 5.97 Å². The number of carbonyl (C=O) groups excluding carboxylic acids is 2. The first-order chi connectivity index (χ1) is 14.9. The second-order valence-corrected chi connectivity index (χ2v) is 8.44. The Morgan fingerprint density at radius 2 is 1.71 bits per heavy atom. The Labute approximate surface area is 183 Å². The van der Waals surface area contributed by atoms with Crippen molar-refractivity contribution in [2.45, 2.75) is 52.1 Å². The third-order valence-corrected chi connectivity index (χ3v) is 6.09. The lowest BCUT2D eigenvalue weighted by molar-refractivity contribution is -0.140. The summed E-state index contributed by atoms with van der Waals surface area (Å²) in [7, 11) is 0. The molecule has 2 atom stereocenters. The zero-order chi connectivity index (χ0) is 22.0. The Morgan fingerprint density at radius 3 is 2.42 bits per heavy atom. The van der Waals surface area contributed by atoms with E-state index in [0.29, 0.717) is 11.3 Å². The van der Waals surface area contributed by atoms with Gasteiger partial charge < -0.3 is 9.64 Å². The van der Waals surface area contributed by atoms with E-state index in [1.807, 2.05) is 60.4 Å². The third kappa shape index (κ3) is 4.46. The lowest BCUT2D eigenvalue weighted by Gasteiger charge is -2.38. The molecule has 2 heterocycles. The van der Waals surface area contributed by atoms with E-state index in [1.165, 1.54) is 0 Å². The van der Waals surface area contributed by atoms with Gasteiger partial charge in [-0.1, -0.05) is 48.0 Å². The fourth-order valence-electron chi connectivity index (χ4n) is 4.41. The minimum Gasteiger partial charge on any atom is -0.452 e. The topological polar surface area (TPSA) is 59.5 Å². The van der Waals surface area contributed by atoms with E-state index in [9.17, 15) is 9.59 Å². The van der Waals surface area contributed by atoms with Gasteiger partial charge in [-0.3, -0.25) is 4.79 Å². The highest BCUT2D eigenvalue weighted by molar-refractivity contribution is 6.05. The Balaban J connectivity index is 1.59. The highest BCUT2D eigenvalue weighted by atomic mass is 16.5. The van der Waals surface area contributed by atoms with Gasteiger partial charge in [0.25, 0.3) is 5.91 Å². The van der Waals surface area contributed by atoms with E-state index in [4.69, 9.17) is 9.72 Å². The van der Waals surface area contributed by atoms with Crippen LogP contribution in [0.4, 0.5) is 0 Å². The number of esters is 1. The fourth-order valence-corrected chi connectivity index (χ4v) is 4.41. The van der Waals surface area contributed by atoms with Gasteiger partial charge in [-0.25, -0.2) is 9.78 Å². The number of aromatic nitrogens is 1. The Bertz CT molecular complexity index is 1100. The molecule has 1 aliphatic heterocycles. The summed E-state index contributed by atoms with van der Waals surface area (Å²) in [6.45, 7) is 5.89. The number of likely N-dealkylation sites (tertiary alicyclic amines) is 1. The summed E-state index contributed by atoms with van der Waals surface area (Å²) in [5.74, 6) is -0.636. The molecule has 1 aromatic heterocycles. The van der Waals surface area contributed by atoms with Gasteiger partial charge in [0.1, 0.15) is 0 Å². The summed E-state index contributed by atoms with van der Waals surface area (Å²) in [5.41, 5.74) is 3.93. The number of rotatable bonds is 4. The van der Waals surface area contributed by atoms with Crippen molar-refractivity contribution in [1.29, 1.82) is 0 Å². The van der Waals surface area contributed by atoms with Gasteiger partial charge in [0, 0.05) is 23.0 Å². The number of carbonyl (C=O) groups is 2.